The van der Waals surface area contributed by atoms with Gasteiger partial charge in [0.15, 0.2) is 11.5 Å². The van der Waals surface area contributed by atoms with Crippen LogP contribution in [0.5, 0.6) is 11.5 Å². The van der Waals surface area contributed by atoms with Crippen molar-refractivity contribution in [3.8, 4) is 11.5 Å². The van der Waals surface area contributed by atoms with E-state index in [1.54, 1.807) is 24.3 Å². The number of esters is 1. The highest BCUT2D eigenvalue weighted by atomic mass is 16.6. The van der Waals surface area contributed by atoms with Crippen molar-refractivity contribution in [1.82, 2.24) is 9.13 Å². The largest absolute Gasteiger partial charge is 0.485 e. The molecule has 0 saturated carbocycles. The van der Waals surface area contributed by atoms with Gasteiger partial charge in [0.1, 0.15) is 13.2 Å². The maximum Gasteiger partial charge on any atom is 0.351 e. The van der Waals surface area contributed by atoms with Gasteiger partial charge in [0.25, 0.3) is 5.56 Å². The van der Waals surface area contributed by atoms with Gasteiger partial charge in [0, 0.05) is 20.2 Å². The molecule has 1 aliphatic heterocycles. The van der Waals surface area contributed by atoms with Crippen molar-refractivity contribution < 1.29 is 19.0 Å². The number of ether oxygens (including phenoxy) is 3. The highest BCUT2D eigenvalue weighted by Gasteiger charge is 2.28. The minimum atomic E-state index is -0.900. The Balaban J connectivity index is 1.69. The van der Waals surface area contributed by atoms with Gasteiger partial charge in [-0.2, -0.15) is 0 Å². The molecule has 2 aromatic rings. The van der Waals surface area contributed by atoms with E-state index in [-0.39, 0.29) is 13.2 Å². The summed E-state index contributed by atoms with van der Waals surface area (Å²) in [5, 5.41) is 0. The average molecular weight is 332 g/mol. The van der Waals surface area contributed by atoms with Crippen molar-refractivity contribution in [1.29, 1.82) is 0 Å². The van der Waals surface area contributed by atoms with E-state index in [9.17, 15) is 14.4 Å². The zero-order valence-corrected chi connectivity index (χ0v) is 13.2. The van der Waals surface area contributed by atoms with Crippen LogP contribution < -0.4 is 20.7 Å². The van der Waals surface area contributed by atoms with E-state index in [0.29, 0.717) is 17.2 Å². The van der Waals surface area contributed by atoms with Crippen LogP contribution in [-0.2, 0) is 30.2 Å². The number of rotatable bonds is 3. The number of benzene rings is 1. The molecular weight excluding hydrogens is 316 g/mol. The Morgan fingerprint density at radius 1 is 1.21 bits per heavy atom. The Labute approximate surface area is 136 Å². The SMILES string of the molecule is Cn1c(COC(=O)C2COc3ccccc3O2)cc(=O)n(C)c1=O. The third-order valence-electron chi connectivity index (χ3n) is 3.76. The molecule has 3 rings (SSSR count). The van der Waals surface area contributed by atoms with Crippen LogP contribution in [0.3, 0.4) is 0 Å². The number of carbonyl (C=O) groups is 1. The second kappa shape index (κ2) is 6.23. The molecule has 0 saturated heterocycles. The molecule has 126 valence electrons. The lowest BCUT2D eigenvalue weighted by Gasteiger charge is -2.25. The van der Waals surface area contributed by atoms with Crippen molar-refractivity contribution >= 4 is 5.97 Å². The van der Waals surface area contributed by atoms with Gasteiger partial charge in [-0.15, -0.1) is 0 Å². The first-order valence-electron chi connectivity index (χ1n) is 7.28. The van der Waals surface area contributed by atoms with Crippen LogP contribution in [0, 0.1) is 0 Å². The lowest BCUT2D eigenvalue weighted by Crippen LogP contribution is -2.40. The van der Waals surface area contributed by atoms with E-state index in [1.165, 1.54) is 24.7 Å². The van der Waals surface area contributed by atoms with Gasteiger partial charge in [-0.05, 0) is 12.1 Å². The Hall–Kier alpha value is -3.03. The third-order valence-corrected chi connectivity index (χ3v) is 3.76. The average Bonchev–Trinajstić information content (AvgIpc) is 2.61. The van der Waals surface area contributed by atoms with Crippen molar-refractivity contribution in [2.45, 2.75) is 12.7 Å². The van der Waals surface area contributed by atoms with Crippen LogP contribution in [-0.4, -0.2) is 27.8 Å². The van der Waals surface area contributed by atoms with Crippen LogP contribution in [0.1, 0.15) is 5.69 Å². The number of fused-ring (bicyclic) bond motifs is 1. The maximum atomic E-state index is 12.1. The Kier molecular flexibility index (Phi) is 4.11. The highest BCUT2D eigenvalue weighted by Crippen LogP contribution is 2.31. The zero-order valence-electron chi connectivity index (χ0n) is 13.2. The van der Waals surface area contributed by atoms with Crippen LogP contribution >= 0.6 is 0 Å². The molecule has 0 spiro atoms. The standard InChI is InChI=1S/C16H16N2O6/c1-17-10(7-14(19)18(2)16(17)21)8-23-15(20)13-9-22-11-5-3-4-6-12(11)24-13/h3-7,13H,8-9H2,1-2H3. The highest BCUT2D eigenvalue weighted by molar-refractivity contribution is 5.76. The smallest absolute Gasteiger partial charge is 0.351 e. The van der Waals surface area contributed by atoms with Crippen molar-refractivity contribution in [2.24, 2.45) is 14.1 Å². The Morgan fingerprint density at radius 3 is 2.67 bits per heavy atom. The molecule has 0 N–H and O–H groups in total. The summed E-state index contributed by atoms with van der Waals surface area (Å²) >= 11 is 0. The molecule has 1 aliphatic rings. The second-order valence-corrected chi connectivity index (χ2v) is 5.35. The van der Waals surface area contributed by atoms with E-state index in [0.717, 1.165) is 4.57 Å². The Bertz CT molecular complexity index is 898. The summed E-state index contributed by atoms with van der Waals surface area (Å²) in [4.78, 5) is 35.6. The van der Waals surface area contributed by atoms with E-state index in [1.807, 2.05) is 0 Å². The van der Waals surface area contributed by atoms with Crippen LogP contribution in [0.2, 0.25) is 0 Å². The first-order chi connectivity index (χ1) is 11.5. The third kappa shape index (κ3) is 2.90. The number of nitrogens with zero attached hydrogens (tertiary/aromatic N) is 2. The van der Waals surface area contributed by atoms with Crippen molar-refractivity contribution in [2.75, 3.05) is 6.61 Å². The normalized spacial score (nSPS) is 15.8. The van der Waals surface area contributed by atoms with Gasteiger partial charge in [-0.3, -0.25) is 13.9 Å². The summed E-state index contributed by atoms with van der Waals surface area (Å²) in [5.74, 6) is 0.403. The number of para-hydroxylation sites is 2. The molecule has 8 nitrogen and oxygen atoms in total. The van der Waals surface area contributed by atoms with Crippen LogP contribution in [0.15, 0.2) is 39.9 Å². The fourth-order valence-electron chi connectivity index (χ4n) is 2.29. The summed E-state index contributed by atoms with van der Waals surface area (Å²) in [6.45, 7) is -0.173. The lowest BCUT2D eigenvalue weighted by molar-refractivity contribution is -0.156. The van der Waals surface area contributed by atoms with Crippen molar-refractivity contribution in [3.05, 3.63) is 56.9 Å². The van der Waals surface area contributed by atoms with E-state index >= 15 is 0 Å². The van der Waals surface area contributed by atoms with E-state index in [4.69, 9.17) is 14.2 Å². The maximum absolute atomic E-state index is 12.1. The molecule has 0 radical (unpaired) electrons. The molecule has 1 unspecified atom stereocenters. The Morgan fingerprint density at radius 2 is 1.92 bits per heavy atom. The summed E-state index contributed by atoms with van der Waals surface area (Å²) in [6, 6.07) is 8.26. The van der Waals surface area contributed by atoms with Gasteiger partial charge in [-0.1, -0.05) is 12.1 Å². The summed E-state index contributed by atoms with van der Waals surface area (Å²) in [7, 11) is 2.88. The molecule has 1 aromatic carbocycles. The molecule has 0 bridgehead atoms. The molecule has 24 heavy (non-hydrogen) atoms. The number of aromatic nitrogens is 2. The quantitative estimate of drug-likeness (QED) is 0.733. The van der Waals surface area contributed by atoms with Gasteiger partial charge in [0.05, 0.1) is 5.69 Å². The minimum absolute atomic E-state index is 0.0331. The minimum Gasteiger partial charge on any atom is -0.485 e. The molecule has 0 amide bonds. The van der Waals surface area contributed by atoms with Gasteiger partial charge >= 0.3 is 11.7 Å². The van der Waals surface area contributed by atoms with Crippen LogP contribution in [0.25, 0.3) is 0 Å². The summed E-state index contributed by atoms with van der Waals surface area (Å²) in [5.41, 5.74) is -0.649. The molecule has 0 fully saturated rings. The van der Waals surface area contributed by atoms with E-state index < -0.39 is 23.3 Å². The molecule has 0 aliphatic carbocycles. The molecule has 1 aromatic heterocycles. The van der Waals surface area contributed by atoms with Crippen LogP contribution in [0.4, 0.5) is 0 Å². The number of carbonyl (C=O) groups excluding carboxylic acids is 1. The lowest BCUT2D eigenvalue weighted by atomic mass is 10.2. The topological polar surface area (TPSA) is 88.8 Å². The zero-order chi connectivity index (χ0) is 17.3. The second-order valence-electron chi connectivity index (χ2n) is 5.35. The van der Waals surface area contributed by atoms with Gasteiger partial charge in [-0.25, -0.2) is 9.59 Å². The summed E-state index contributed by atoms with van der Waals surface area (Å²) < 4.78 is 18.4. The van der Waals surface area contributed by atoms with E-state index in [2.05, 4.69) is 0 Å². The number of hydrogen-bond donors (Lipinski definition) is 0. The predicted octanol–water partition coefficient (Wildman–Crippen LogP) is -0.0328. The first kappa shape index (κ1) is 15.9. The fraction of sp³-hybridized carbons (Fsp3) is 0.312. The van der Waals surface area contributed by atoms with Gasteiger partial charge < -0.3 is 14.2 Å². The molecule has 8 heteroatoms. The van der Waals surface area contributed by atoms with Gasteiger partial charge in [0.2, 0.25) is 6.10 Å². The monoisotopic (exact) mass is 332 g/mol. The number of hydrogen-bond acceptors (Lipinski definition) is 6. The fourth-order valence-corrected chi connectivity index (χ4v) is 2.29. The summed E-state index contributed by atoms with van der Waals surface area (Å²) in [6.07, 6.45) is -0.900. The molecule has 1 atom stereocenters. The molecular formula is C16H16N2O6. The molecule has 2 heterocycles. The predicted molar refractivity (Wildman–Crippen MR) is 83.1 cm³/mol. The first-order valence-corrected chi connectivity index (χ1v) is 7.28. The van der Waals surface area contributed by atoms with Crippen molar-refractivity contribution in [3.63, 3.8) is 0 Å².